The number of benzene rings is 1. The van der Waals surface area contributed by atoms with Gasteiger partial charge in [-0.3, -0.25) is 0 Å². The predicted octanol–water partition coefficient (Wildman–Crippen LogP) is 3.05. The largest absolute Gasteiger partial charge is 0.491 e. The van der Waals surface area contributed by atoms with Crippen LogP contribution in [0.4, 0.5) is 5.69 Å². The van der Waals surface area contributed by atoms with Crippen LogP contribution in [0.25, 0.3) is 0 Å². The first-order valence-corrected chi connectivity index (χ1v) is 7.42. The van der Waals surface area contributed by atoms with Gasteiger partial charge < -0.3 is 15.0 Å². The first kappa shape index (κ1) is 14.2. The zero-order chi connectivity index (χ0) is 13.7. The Bertz CT molecular complexity index is 394. The van der Waals surface area contributed by atoms with E-state index in [1.165, 1.54) is 18.5 Å². The minimum atomic E-state index is 0.279. The fourth-order valence-corrected chi connectivity index (χ4v) is 2.52. The molecule has 3 nitrogen and oxygen atoms in total. The van der Waals surface area contributed by atoms with Gasteiger partial charge in [0.05, 0.1) is 6.10 Å². The number of rotatable bonds is 5. The van der Waals surface area contributed by atoms with Crippen LogP contribution in [0.5, 0.6) is 5.75 Å². The van der Waals surface area contributed by atoms with Crippen molar-refractivity contribution in [1.29, 1.82) is 0 Å². The van der Waals surface area contributed by atoms with Gasteiger partial charge in [-0.15, -0.1) is 0 Å². The van der Waals surface area contributed by atoms with Gasteiger partial charge in [-0.25, -0.2) is 0 Å². The lowest BCUT2D eigenvalue weighted by Crippen LogP contribution is -2.44. The number of anilines is 1. The average molecular weight is 262 g/mol. The summed E-state index contributed by atoms with van der Waals surface area (Å²) in [7, 11) is 2.05. The molecule has 1 aliphatic heterocycles. The average Bonchev–Trinajstić information content (AvgIpc) is 2.47. The molecule has 0 spiro atoms. The van der Waals surface area contributed by atoms with E-state index in [4.69, 9.17) is 4.74 Å². The molecule has 1 aromatic carbocycles. The molecular formula is C16H26N2O. The van der Waals surface area contributed by atoms with Crippen LogP contribution < -0.4 is 15.0 Å². The molecule has 0 bridgehead atoms. The highest BCUT2D eigenvalue weighted by Gasteiger charge is 2.18. The van der Waals surface area contributed by atoms with Crippen molar-refractivity contribution in [3.8, 4) is 5.75 Å². The van der Waals surface area contributed by atoms with E-state index >= 15 is 0 Å². The Hall–Kier alpha value is -1.22. The Morgan fingerprint density at radius 2 is 2.32 bits per heavy atom. The van der Waals surface area contributed by atoms with Crippen LogP contribution in [0, 0.1) is 0 Å². The van der Waals surface area contributed by atoms with Crippen molar-refractivity contribution in [2.75, 3.05) is 25.0 Å². The summed E-state index contributed by atoms with van der Waals surface area (Å²) in [5.41, 5.74) is 1.28. The maximum Gasteiger partial charge on any atom is 0.121 e. The number of piperidine rings is 1. The molecular weight excluding hydrogens is 236 g/mol. The summed E-state index contributed by atoms with van der Waals surface area (Å²) >= 11 is 0. The first-order valence-electron chi connectivity index (χ1n) is 7.42. The van der Waals surface area contributed by atoms with E-state index in [-0.39, 0.29) is 6.10 Å². The number of likely N-dealkylation sites (N-methyl/N-ethyl adjacent to an activating group) is 1. The summed E-state index contributed by atoms with van der Waals surface area (Å²) in [6, 6.07) is 9.10. The van der Waals surface area contributed by atoms with Crippen molar-refractivity contribution in [2.45, 2.75) is 45.3 Å². The maximum atomic E-state index is 5.91. The summed E-state index contributed by atoms with van der Waals surface area (Å²) in [6.45, 7) is 6.50. The van der Waals surface area contributed by atoms with E-state index in [0.29, 0.717) is 6.04 Å². The van der Waals surface area contributed by atoms with Gasteiger partial charge in [-0.1, -0.05) is 13.0 Å². The van der Waals surface area contributed by atoms with Crippen LogP contribution in [-0.4, -0.2) is 32.3 Å². The van der Waals surface area contributed by atoms with Crippen LogP contribution in [0.3, 0.4) is 0 Å². The van der Waals surface area contributed by atoms with Gasteiger partial charge in [0.25, 0.3) is 0 Å². The molecule has 1 aliphatic rings. The quantitative estimate of drug-likeness (QED) is 0.882. The highest BCUT2D eigenvalue weighted by atomic mass is 16.5. The number of nitrogens with one attached hydrogen (secondary N) is 1. The normalized spacial score (nSPS) is 21.2. The monoisotopic (exact) mass is 262 g/mol. The summed E-state index contributed by atoms with van der Waals surface area (Å²) in [6.07, 6.45) is 3.84. The third kappa shape index (κ3) is 3.87. The highest BCUT2D eigenvalue weighted by Crippen LogP contribution is 2.25. The molecule has 1 heterocycles. The highest BCUT2D eigenvalue weighted by molar-refractivity contribution is 5.51. The topological polar surface area (TPSA) is 24.5 Å². The van der Waals surface area contributed by atoms with Crippen molar-refractivity contribution in [2.24, 2.45) is 0 Å². The van der Waals surface area contributed by atoms with Crippen molar-refractivity contribution >= 4 is 5.69 Å². The van der Waals surface area contributed by atoms with Gasteiger partial charge in [0, 0.05) is 30.9 Å². The van der Waals surface area contributed by atoms with Gasteiger partial charge in [-0.2, -0.15) is 0 Å². The zero-order valence-corrected chi connectivity index (χ0v) is 12.4. The SMILES string of the molecule is CCC(C)Oc1cccc(N2CCCC(NC)C2)c1. The lowest BCUT2D eigenvalue weighted by molar-refractivity contribution is 0.217. The third-order valence-electron chi connectivity index (χ3n) is 3.92. The number of hydrogen-bond acceptors (Lipinski definition) is 3. The number of hydrogen-bond donors (Lipinski definition) is 1. The molecule has 1 aromatic rings. The summed E-state index contributed by atoms with van der Waals surface area (Å²) in [4.78, 5) is 2.45. The Balaban J connectivity index is 2.05. The Labute approximate surface area is 116 Å². The first-order chi connectivity index (χ1) is 9.22. The molecule has 106 valence electrons. The Morgan fingerprint density at radius 3 is 3.05 bits per heavy atom. The van der Waals surface area contributed by atoms with Crippen LogP contribution in [0.1, 0.15) is 33.1 Å². The van der Waals surface area contributed by atoms with Crippen LogP contribution in [0.2, 0.25) is 0 Å². The fraction of sp³-hybridized carbons (Fsp3) is 0.625. The molecule has 0 aliphatic carbocycles. The second-order valence-corrected chi connectivity index (χ2v) is 5.41. The Kier molecular flexibility index (Phi) is 5.08. The molecule has 0 saturated carbocycles. The molecule has 3 heteroatoms. The van der Waals surface area contributed by atoms with E-state index in [9.17, 15) is 0 Å². The van der Waals surface area contributed by atoms with E-state index in [0.717, 1.165) is 25.3 Å². The van der Waals surface area contributed by atoms with Crippen molar-refractivity contribution in [3.63, 3.8) is 0 Å². The Morgan fingerprint density at radius 1 is 1.47 bits per heavy atom. The molecule has 2 unspecified atom stereocenters. The van der Waals surface area contributed by atoms with Crippen LogP contribution in [0.15, 0.2) is 24.3 Å². The van der Waals surface area contributed by atoms with Gasteiger partial charge in [0.2, 0.25) is 0 Å². The van der Waals surface area contributed by atoms with Gasteiger partial charge in [0.15, 0.2) is 0 Å². The van der Waals surface area contributed by atoms with Crippen molar-refractivity contribution in [1.82, 2.24) is 5.32 Å². The number of ether oxygens (including phenoxy) is 1. The van der Waals surface area contributed by atoms with Gasteiger partial charge >= 0.3 is 0 Å². The zero-order valence-electron chi connectivity index (χ0n) is 12.4. The van der Waals surface area contributed by atoms with Crippen molar-refractivity contribution < 1.29 is 4.74 Å². The second kappa shape index (κ2) is 6.80. The summed E-state index contributed by atoms with van der Waals surface area (Å²) in [5, 5.41) is 3.39. The fourth-order valence-electron chi connectivity index (χ4n) is 2.52. The molecule has 2 atom stereocenters. The lowest BCUT2D eigenvalue weighted by atomic mass is 10.1. The maximum absolute atomic E-state index is 5.91. The molecule has 1 N–H and O–H groups in total. The second-order valence-electron chi connectivity index (χ2n) is 5.41. The lowest BCUT2D eigenvalue weighted by Gasteiger charge is -2.34. The minimum Gasteiger partial charge on any atom is -0.491 e. The minimum absolute atomic E-state index is 0.279. The molecule has 0 radical (unpaired) electrons. The van der Waals surface area contributed by atoms with E-state index < -0.39 is 0 Å². The molecule has 0 aromatic heterocycles. The van der Waals surface area contributed by atoms with Crippen LogP contribution >= 0.6 is 0 Å². The molecule has 19 heavy (non-hydrogen) atoms. The smallest absolute Gasteiger partial charge is 0.121 e. The van der Waals surface area contributed by atoms with Gasteiger partial charge in [-0.05, 0) is 45.4 Å². The van der Waals surface area contributed by atoms with Crippen LogP contribution in [-0.2, 0) is 0 Å². The van der Waals surface area contributed by atoms with Gasteiger partial charge in [0.1, 0.15) is 5.75 Å². The molecule has 2 rings (SSSR count). The number of nitrogens with zero attached hydrogens (tertiary/aromatic N) is 1. The van der Waals surface area contributed by atoms with E-state index in [2.05, 4.69) is 55.4 Å². The third-order valence-corrected chi connectivity index (χ3v) is 3.92. The summed E-state index contributed by atoms with van der Waals surface area (Å²) < 4.78 is 5.91. The van der Waals surface area contributed by atoms with E-state index in [1.54, 1.807) is 0 Å². The van der Waals surface area contributed by atoms with E-state index in [1.807, 2.05) is 0 Å². The standard InChI is InChI=1S/C16H26N2O/c1-4-13(2)19-16-9-5-8-15(11-16)18-10-6-7-14(12-18)17-3/h5,8-9,11,13-14,17H,4,6-7,10,12H2,1-3H3. The predicted molar refractivity (Wildman–Crippen MR) is 81.1 cm³/mol. The molecule has 1 saturated heterocycles. The summed E-state index contributed by atoms with van der Waals surface area (Å²) in [5.74, 6) is 0.985. The molecule has 1 fully saturated rings. The van der Waals surface area contributed by atoms with Crippen molar-refractivity contribution in [3.05, 3.63) is 24.3 Å². The molecule has 0 amide bonds.